The second-order valence-electron chi connectivity index (χ2n) is 6.17. The fourth-order valence-electron chi connectivity index (χ4n) is 3.19. The SMILES string of the molecule is O=S(=O)(O)c1cccc2cc3nc(-c4cccs4)c(-c4cccs4)nc3cc12.[Na+]. The minimum absolute atomic E-state index is 0. The summed E-state index contributed by atoms with van der Waals surface area (Å²) in [5.74, 6) is 0. The van der Waals surface area contributed by atoms with Gasteiger partial charge in [-0.15, -0.1) is 22.7 Å². The molecule has 0 radical (unpaired) electrons. The number of fused-ring (bicyclic) bond motifs is 2. The first-order valence-corrected chi connectivity index (χ1v) is 11.5. The molecule has 1 N–H and O–H groups in total. The molecule has 0 fully saturated rings. The summed E-state index contributed by atoms with van der Waals surface area (Å²) < 4.78 is 33.1. The van der Waals surface area contributed by atoms with Crippen LogP contribution in [0.5, 0.6) is 0 Å². The summed E-state index contributed by atoms with van der Waals surface area (Å²) in [5, 5.41) is 5.08. The van der Waals surface area contributed by atoms with E-state index in [0.717, 1.165) is 21.1 Å². The van der Waals surface area contributed by atoms with Crippen molar-refractivity contribution in [3.8, 4) is 21.1 Å². The number of aromatic nitrogens is 2. The molecule has 5 aromatic rings. The van der Waals surface area contributed by atoms with E-state index in [9.17, 15) is 13.0 Å². The Morgan fingerprint density at radius 1 is 0.793 bits per heavy atom. The van der Waals surface area contributed by atoms with Crippen LogP contribution >= 0.6 is 22.7 Å². The van der Waals surface area contributed by atoms with Crippen LogP contribution in [0.1, 0.15) is 0 Å². The average molecular weight is 448 g/mol. The van der Waals surface area contributed by atoms with E-state index < -0.39 is 10.1 Å². The quantitative estimate of drug-likeness (QED) is 0.261. The third-order valence-electron chi connectivity index (χ3n) is 4.41. The third kappa shape index (κ3) is 3.77. The van der Waals surface area contributed by atoms with Gasteiger partial charge in [0.2, 0.25) is 0 Å². The van der Waals surface area contributed by atoms with Gasteiger partial charge in [0.05, 0.1) is 20.8 Å². The van der Waals surface area contributed by atoms with Crippen molar-refractivity contribution in [3.63, 3.8) is 0 Å². The van der Waals surface area contributed by atoms with Crippen LogP contribution in [-0.4, -0.2) is 22.9 Å². The molecule has 29 heavy (non-hydrogen) atoms. The van der Waals surface area contributed by atoms with Crippen molar-refractivity contribution in [1.82, 2.24) is 9.97 Å². The van der Waals surface area contributed by atoms with Gasteiger partial charge in [-0.3, -0.25) is 4.55 Å². The largest absolute Gasteiger partial charge is 1.00 e. The summed E-state index contributed by atoms with van der Waals surface area (Å²) in [5.41, 5.74) is 2.81. The van der Waals surface area contributed by atoms with E-state index in [1.807, 2.05) is 41.1 Å². The van der Waals surface area contributed by atoms with E-state index in [-0.39, 0.29) is 34.5 Å². The molecule has 138 valence electrons. The van der Waals surface area contributed by atoms with Crippen molar-refractivity contribution in [2.24, 2.45) is 0 Å². The smallest absolute Gasteiger partial charge is 0.282 e. The van der Waals surface area contributed by atoms with Crippen LogP contribution in [-0.2, 0) is 10.1 Å². The molecule has 0 aliphatic heterocycles. The molecule has 5 rings (SSSR count). The molecule has 0 spiro atoms. The van der Waals surface area contributed by atoms with E-state index >= 15 is 0 Å². The standard InChI is InChI=1S/C20H12N2O3S3.Na/c23-28(24,25)18-7-1-4-12-10-14-15(11-13(12)18)22-20(17-6-3-9-27-17)19(21-14)16-5-2-8-26-16;/h1-11H,(H,23,24,25);/q;+1. The molecule has 0 saturated carbocycles. The van der Waals surface area contributed by atoms with Gasteiger partial charge in [-0.1, -0.05) is 24.3 Å². The zero-order chi connectivity index (χ0) is 19.3. The number of thiophene rings is 2. The predicted octanol–water partition coefficient (Wildman–Crippen LogP) is 2.49. The molecule has 0 aliphatic carbocycles. The van der Waals surface area contributed by atoms with Crippen molar-refractivity contribution < 1.29 is 42.5 Å². The van der Waals surface area contributed by atoms with E-state index in [2.05, 4.69) is 0 Å². The van der Waals surface area contributed by atoms with Crippen molar-refractivity contribution >= 4 is 54.6 Å². The molecule has 0 bridgehead atoms. The molecule has 0 atom stereocenters. The van der Waals surface area contributed by atoms with Gasteiger partial charge in [0.15, 0.2) is 0 Å². The molecular weight excluding hydrogens is 435 g/mol. The Hall–Kier alpha value is -1.65. The summed E-state index contributed by atoms with van der Waals surface area (Å²) >= 11 is 3.17. The van der Waals surface area contributed by atoms with Crippen molar-refractivity contribution in [1.29, 1.82) is 0 Å². The van der Waals surface area contributed by atoms with Crippen molar-refractivity contribution in [3.05, 3.63) is 65.4 Å². The first-order chi connectivity index (χ1) is 13.5. The minimum Gasteiger partial charge on any atom is -0.282 e. The summed E-state index contributed by atoms with van der Waals surface area (Å²) in [6.45, 7) is 0. The van der Waals surface area contributed by atoms with Gasteiger partial charge in [-0.2, -0.15) is 8.42 Å². The molecule has 0 amide bonds. The Balaban J connectivity index is 0.00000205. The second-order valence-corrected chi connectivity index (χ2v) is 9.45. The normalized spacial score (nSPS) is 11.6. The van der Waals surface area contributed by atoms with E-state index in [1.54, 1.807) is 40.9 Å². The maximum atomic E-state index is 11.8. The zero-order valence-corrected chi connectivity index (χ0v) is 19.7. The summed E-state index contributed by atoms with van der Waals surface area (Å²) in [6, 6.07) is 16.2. The van der Waals surface area contributed by atoms with Gasteiger partial charge in [0.1, 0.15) is 16.3 Å². The van der Waals surface area contributed by atoms with Crippen LogP contribution in [0.2, 0.25) is 0 Å². The Morgan fingerprint density at radius 3 is 1.90 bits per heavy atom. The third-order valence-corrected chi connectivity index (χ3v) is 7.08. The Morgan fingerprint density at radius 2 is 1.38 bits per heavy atom. The average Bonchev–Trinajstić information content (AvgIpc) is 3.37. The number of hydrogen-bond donors (Lipinski definition) is 1. The van der Waals surface area contributed by atoms with Crippen molar-refractivity contribution in [2.75, 3.05) is 0 Å². The Kier molecular flexibility index (Phi) is 5.60. The first kappa shape index (κ1) is 20.6. The molecule has 2 aromatic carbocycles. The maximum Gasteiger partial charge on any atom is 1.00 e. The van der Waals surface area contributed by atoms with Crippen molar-refractivity contribution in [2.45, 2.75) is 4.90 Å². The molecule has 3 aromatic heterocycles. The van der Waals surface area contributed by atoms with Gasteiger partial charge in [-0.05, 0) is 46.5 Å². The Bertz CT molecular complexity index is 1430. The van der Waals surface area contributed by atoms with Crippen LogP contribution < -0.4 is 29.6 Å². The van der Waals surface area contributed by atoms with Gasteiger partial charge < -0.3 is 0 Å². The molecule has 9 heteroatoms. The fourth-order valence-corrected chi connectivity index (χ4v) is 5.33. The predicted molar refractivity (Wildman–Crippen MR) is 113 cm³/mol. The van der Waals surface area contributed by atoms with E-state index in [0.29, 0.717) is 21.8 Å². The van der Waals surface area contributed by atoms with Crippen LogP contribution in [0.25, 0.3) is 42.9 Å². The molecule has 0 saturated heterocycles. The monoisotopic (exact) mass is 447 g/mol. The zero-order valence-electron chi connectivity index (χ0n) is 15.2. The number of rotatable bonds is 3. The minimum atomic E-state index is -4.34. The Labute approximate surface area is 197 Å². The molecule has 0 unspecified atom stereocenters. The fraction of sp³-hybridized carbons (Fsp3) is 0. The summed E-state index contributed by atoms with van der Waals surface area (Å²) in [7, 11) is -4.34. The number of benzene rings is 2. The number of nitrogens with zero attached hydrogens (tertiary/aromatic N) is 2. The van der Waals surface area contributed by atoms with Crippen LogP contribution in [0.4, 0.5) is 0 Å². The topological polar surface area (TPSA) is 80.2 Å². The second kappa shape index (κ2) is 7.88. The van der Waals surface area contributed by atoms with Gasteiger partial charge in [0.25, 0.3) is 10.1 Å². The van der Waals surface area contributed by atoms with Crippen LogP contribution in [0, 0.1) is 0 Å². The molecule has 0 aliphatic rings. The van der Waals surface area contributed by atoms with Crippen LogP contribution in [0.3, 0.4) is 0 Å². The van der Waals surface area contributed by atoms with Crippen LogP contribution in [0.15, 0.2) is 70.3 Å². The first-order valence-electron chi connectivity index (χ1n) is 8.30. The number of hydrogen-bond acceptors (Lipinski definition) is 6. The molecule has 3 heterocycles. The van der Waals surface area contributed by atoms with E-state index in [4.69, 9.17) is 9.97 Å². The molecule has 5 nitrogen and oxygen atoms in total. The van der Waals surface area contributed by atoms with Gasteiger partial charge in [0, 0.05) is 5.39 Å². The summed E-state index contributed by atoms with van der Waals surface area (Å²) in [4.78, 5) is 11.6. The van der Waals surface area contributed by atoms with Gasteiger partial charge in [-0.25, -0.2) is 9.97 Å². The maximum absolute atomic E-state index is 11.8. The van der Waals surface area contributed by atoms with Gasteiger partial charge >= 0.3 is 29.6 Å². The van der Waals surface area contributed by atoms with E-state index in [1.165, 1.54) is 6.07 Å². The summed E-state index contributed by atoms with van der Waals surface area (Å²) in [6.07, 6.45) is 0. The molecular formula is C20H12N2NaO3S3+.